The molecule has 0 saturated heterocycles. The molecule has 0 fully saturated rings. The molecule has 0 amide bonds. The molecule has 1 atom stereocenters. The van der Waals surface area contributed by atoms with Crippen molar-refractivity contribution in [2.45, 2.75) is 46.1 Å². The van der Waals surface area contributed by atoms with Gasteiger partial charge < -0.3 is 9.84 Å². The van der Waals surface area contributed by atoms with Gasteiger partial charge in [-0.15, -0.1) is 0 Å². The van der Waals surface area contributed by atoms with Crippen LogP contribution in [0.1, 0.15) is 47.1 Å². The van der Waals surface area contributed by atoms with E-state index in [9.17, 15) is 14.3 Å². The molecule has 1 unspecified atom stereocenters. The molecule has 5 nitrogen and oxygen atoms in total. The highest BCUT2D eigenvalue weighted by molar-refractivity contribution is 5.90. The van der Waals surface area contributed by atoms with Crippen molar-refractivity contribution in [2.75, 3.05) is 0 Å². The number of nitrogens with zero attached hydrogens (tertiary/aromatic N) is 1. The van der Waals surface area contributed by atoms with Gasteiger partial charge in [0, 0.05) is 11.8 Å². The Morgan fingerprint density at radius 1 is 1.43 bits per heavy atom. The van der Waals surface area contributed by atoms with Crippen LogP contribution in [0.25, 0.3) is 0 Å². The number of benzene rings is 1. The summed E-state index contributed by atoms with van der Waals surface area (Å²) in [5.74, 6) is -1.57. The van der Waals surface area contributed by atoms with Gasteiger partial charge in [0.2, 0.25) is 0 Å². The average Bonchev–Trinajstić information content (AvgIpc) is 2.82. The Kier molecular flexibility index (Phi) is 5.36. The summed E-state index contributed by atoms with van der Waals surface area (Å²) in [6, 6.07) is 3.47. The fourth-order valence-corrected chi connectivity index (χ4v) is 2.54. The molecule has 0 spiro atoms. The van der Waals surface area contributed by atoms with E-state index in [1.807, 2.05) is 20.8 Å². The molecule has 0 bridgehead atoms. The van der Waals surface area contributed by atoms with Crippen molar-refractivity contribution < 1.29 is 19.0 Å². The molecule has 0 saturated carbocycles. The molecule has 23 heavy (non-hydrogen) atoms. The first kappa shape index (κ1) is 17.0. The molecule has 124 valence electrons. The van der Waals surface area contributed by atoms with Crippen molar-refractivity contribution in [3.63, 3.8) is 0 Å². The summed E-state index contributed by atoms with van der Waals surface area (Å²) in [7, 11) is 0. The van der Waals surface area contributed by atoms with Crippen LogP contribution in [0.15, 0.2) is 18.2 Å². The maximum Gasteiger partial charge on any atom is 0.339 e. The highest BCUT2D eigenvalue weighted by Crippen LogP contribution is 2.24. The van der Waals surface area contributed by atoms with Crippen molar-refractivity contribution in [1.82, 2.24) is 10.2 Å². The number of aromatic carboxylic acids is 1. The summed E-state index contributed by atoms with van der Waals surface area (Å²) in [6.45, 7) is 5.86. The predicted molar refractivity (Wildman–Crippen MR) is 84.4 cm³/mol. The maximum absolute atomic E-state index is 13.4. The van der Waals surface area contributed by atoms with E-state index in [0.717, 1.165) is 35.5 Å². The van der Waals surface area contributed by atoms with Gasteiger partial charge in [0.25, 0.3) is 0 Å². The summed E-state index contributed by atoms with van der Waals surface area (Å²) in [6.07, 6.45) is 1.98. The first-order chi connectivity index (χ1) is 10.9. The van der Waals surface area contributed by atoms with Gasteiger partial charge in [0.05, 0.1) is 11.8 Å². The Balaban J connectivity index is 2.11. The van der Waals surface area contributed by atoms with Gasteiger partial charge in [-0.2, -0.15) is 5.10 Å². The van der Waals surface area contributed by atoms with Crippen molar-refractivity contribution >= 4 is 5.97 Å². The van der Waals surface area contributed by atoms with Crippen LogP contribution in [-0.4, -0.2) is 27.4 Å². The summed E-state index contributed by atoms with van der Waals surface area (Å²) < 4.78 is 19.2. The minimum absolute atomic E-state index is 0.0273. The number of H-pyrrole nitrogens is 1. The van der Waals surface area contributed by atoms with Crippen LogP contribution in [-0.2, 0) is 6.42 Å². The topological polar surface area (TPSA) is 75.2 Å². The van der Waals surface area contributed by atoms with E-state index in [2.05, 4.69) is 10.2 Å². The first-order valence-corrected chi connectivity index (χ1v) is 7.62. The second kappa shape index (κ2) is 7.26. The lowest BCUT2D eigenvalue weighted by Gasteiger charge is -2.19. The Hall–Kier alpha value is -2.37. The molecular weight excluding hydrogens is 299 g/mol. The normalized spacial score (nSPS) is 12.2. The molecule has 0 aliphatic heterocycles. The number of aryl methyl sites for hydroxylation is 2. The summed E-state index contributed by atoms with van der Waals surface area (Å²) in [5, 5.41) is 16.3. The number of hydrogen-bond donors (Lipinski definition) is 2. The number of aromatic nitrogens is 2. The number of hydrogen-bond acceptors (Lipinski definition) is 3. The Morgan fingerprint density at radius 3 is 2.74 bits per heavy atom. The minimum atomic E-state index is -1.13. The van der Waals surface area contributed by atoms with Crippen LogP contribution in [0.3, 0.4) is 0 Å². The number of ether oxygens (including phenoxy) is 1. The number of carboxylic acid groups (broad SMARTS) is 1. The van der Waals surface area contributed by atoms with Gasteiger partial charge in [-0.25, -0.2) is 9.18 Å². The van der Waals surface area contributed by atoms with Gasteiger partial charge in [-0.1, -0.05) is 6.92 Å². The lowest BCUT2D eigenvalue weighted by Crippen LogP contribution is -2.18. The highest BCUT2D eigenvalue weighted by Gasteiger charge is 2.17. The van der Waals surface area contributed by atoms with Crippen molar-refractivity contribution in [3.05, 3.63) is 46.5 Å². The molecule has 1 aromatic heterocycles. The molecule has 0 radical (unpaired) electrons. The van der Waals surface area contributed by atoms with Crippen LogP contribution in [0.5, 0.6) is 5.75 Å². The van der Waals surface area contributed by atoms with E-state index < -0.39 is 11.8 Å². The zero-order valence-electron chi connectivity index (χ0n) is 13.5. The monoisotopic (exact) mass is 320 g/mol. The van der Waals surface area contributed by atoms with Crippen LogP contribution in [0.4, 0.5) is 4.39 Å². The van der Waals surface area contributed by atoms with Crippen LogP contribution >= 0.6 is 0 Å². The van der Waals surface area contributed by atoms with Crippen molar-refractivity contribution in [3.8, 4) is 5.75 Å². The smallest absolute Gasteiger partial charge is 0.339 e. The average molecular weight is 320 g/mol. The SMILES string of the molecule is CCC(CCc1c(C)n[nH]c1C)Oc1cc(F)ccc1C(=O)O. The molecular formula is C17H21FN2O3. The fraction of sp³-hybridized carbons (Fsp3) is 0.412. The molecule has 2 rings (SSSR count). The molecule has 2 N–H and O–H groups in total. The van der Waals surface area contributed by atoms with E-state index in [4.69, 9.17) is 4.74 Å². The molecule has 0 aliphatic rings. The van der Waals surface area contributed by atoms with Crippen LogP contribution in [0.2, 0.25) is 0 Å². The van der Waals surface area contributed by atoms with Crippen molar-refractivity contribution in [1.29, 1.82) is 0 Å². The zero-order valence-corrected chi connectivity index (χ0v) is 13.5. The minimum Gasteiger partial charge on any atom is -0.489 e. The zero-order chi connectivity index (χ0) is 17.0. The van der Waals surface area contributed by atoms with Crippen molar-refractivity contribution in [2.24, 2.45) is 0 Å². The number of halogens is 1. The van der Waals surface area contributed by atoms with E-state index in [1.54, 1.807) is 0 Å². The maximum atomic E-state index is 13.4. The Morgan fingerprint density at radius 2 is 2.17 bits per heavy atom. The molecule has 2 aromatic rings. The van der Waals surface area contributed by atoms with Crippen LogP contribution in [0, 0.1) is 19.7 Å². The first-order valence-electron chi connectivity index (χ1n) is 7.62. The lowest BCUT2D eigenvalue weighted by atomic mass is 10.0. The van der Waals surface area contributed by atoms with E-state index in [-0.39, 0.29) is 17.4 Å². The standard InChI is InChI=1S/C17H21FN2O3/c1-4-13(6-8-14-10(2)19-20-11(14)3)23-16-9-12(18)5-7-15(16)17(21)22/h5,7,9,13H,4,6,8H2,1-3H3,(H,19,20)(H,21,22). The van der Waals surface area contributed by atoms with E-state index >= 15 is 0 Å². The largest absolute Gasteiger partial charge is 0.489 e. The third-order valence-electron chi connectivity index (χ3n) is 3.92. The lowest BCUT2D eigenvalue weighted by molar-refractivity contribution is 0.0688. The molecule has 0 aliphatic carbocycles. The molecule has 6 heteroatoms. The van der Waals surface area contributed by atoms with Gasteiger partial charge in [0.1, 0.15) is 17.1 Å². The van der Waals surface area contributed by atoms with Gasteiger partial charge >= 0.3 is 5.97 Å². The molecule has 1 heterocycles. The summed E-state index contributed by atoms with van der Waals surface area (Å²) >= 11 is 0. The summed E-state index contributed by atoms with van der Waals surface area (Å²) in [5.41, 5.74) is 3.09. The number of carboxylic acids is 1. The molecule has 1 aromatic carbocycles. The second-order valence-electron chi connectivity index (χ2n) is 5.54. The number of carbonyl (C=O) groups is 1. The number of aromatic amines is 1. The summed E-state index contributed by atoms with van der Waals surface area (Å²) in [4.78, 5) is 11.2. The van der Waals surface area contributed by atoms with Crippen LogP contribution < -0.4 is 4.74 Å². The Labute approximate surface area is 134 Å². The second-order valence-corrected chi connectivity index (χ2v) is 5.54. The Bertz CT molecular complexity index is 678. The van der Waals surface area contributed by atoms with Gasteiger partial charge in [-0.05, 0) is 50.8 Å². The van der Waals surface area contributed by atoms with Gasteiger partial charge in [0.15, 0.2) is 0 Å². The predicted octanol–water partition coefficient (Wildman–Crippen LogP) is 3.65. The third-order valence-corrected chi connectivity index (χ3v) is 3.92. The van der Waals surface area contributed by atoms with E-state index in [1.165, 1.54) is 6.07 Å². The number of nitrogens with one attached hydrogen (secondary N) is 1. The fourth-order valence-electron chi connectivity index (χ4n) is 2.54. The third kappa shape index (κ3) is 4.09. The highest BCUT2D eigenvalue weighted by atomic mass is 19.1. The van der Waals surface area contributed by atoms with Gasteiger partial charge in [-0.3, -0.25) is 5.10 Å². The number of rotatable bonds is 7. The quantitative estimate of drug-likeness (QED) is 0.816. The van der Waals surface area contributed by atoms with E-state index in [0.29, 0.717) is 12.8 Å².